The molecular weight excluding hydrogens is 424 g/mol. The van der Waals surface area contributed by atoms with Gasteiger partial charge in [0.1, 0.15) is 11.9 Å². The lowest BCUT2D eigenvalue weighted by Crippen LogP contribution is -2.35. The number of nitrogens with one attached hydrogen (secondary N) is 2. The van der Waals surface area contributed by atoms with E-state index < -0.39 is 6.04 Å². The van der Waals surface area contributed by atoms with Crippen LogP contribution in [0.15, 0.2) is 85.2 Å². The van der Waals surface area contributed by atoms with E-state index in [-0.39, 0.29) is 11.8 Å². The molecule has 0 bridgehead atoms. The highest BCUT2D eigenvalue weighted by Gasteiger charge is 2.21. The van der Waals surface area contributed by atoms with Crippen LogP contribution in [0.2, 0.25) is 0 Å². The summed E-state index contributed by atoms with van der Waals surface area (Å²) in [6, 6.07) is 24.3. The minimum Gasteiger partial charge on any atom is -0.309 e. The van der Waals surface area contributed by atoms with E-state index in [1.165, 1.54) is 0 Å². The van der Waals surface area contributed by atoms with Gasteiger partial charge in [0, 0.05) is 12.7 Å². The molecule has 1 amide bonds. The Labute approximate surface area is 199 Å². The van der Waals surface area contributed by atoms with E-state index in [1.54, 1.807) is 16.9 Å². The summed E-state index contributed by atoms with van der Waals surface area (Å²) in [6.07, 6.45) is 3.55. The SMILES string of the molecule is Cc1ccn(-c2ccc(NC(=O)[C@@H](NCC(C)c3ccc(C#N)cc3)c3ccccc3)nc2)n1. The molecule has 2 atom stereocenters. The molecule has 7 heteroatoms. The molecule has 0 aliphatic heterocycles. The Hall–Kier alpha value is -4.28. The van der Waals surface area contributed by atoms with E-state index in [4.69, 9.17) is 5.26 Å². The van der Waals surface area contributed by atoms with Crippen molar-refractivity contribution in [2.24, 2.45) is 0 Å². The maximum absolute atomic E-state index is 13.2. The number of nitriles is 1. The average Bonchev–Trinajstić information content (AvgIpc) is 3.31. The number of amides is 1. The molecule has 2 heterocycles. The predicted octanol–water partition coefficient (Wildman–Crippen LogP) is 4.52. The van der Waals surface area contributed by atoms with Crippen molar-refractivity contribution < 1.29 is 4.79 Å². The van der Waals surface area contributed by atoms with Crippen molar-refractivity contribution in [2.75, 3.05) is 11.9 Å². The minimum absolute atomic E-state index is 0.154. The Kier molecular flexibility index (Phi) is 7.11. The number of carbonyl (C=O) groups excluding carboxylic acids is 1. The molecule has 170 valence electrons. The topological polar surface area (TPSA) is 95.6 Å². The van der Waals surface area contributed by atoms with E-state index in [1.807, 2.05) is 79.9 Å². The number of benzene rings is 2. The van der Waals surface area contributed by atoms with Gasteiger partial charge in [0.15, 0.2) is 0 Å². The molecule has 0 spiro atoms. The van der Waals surface area contributed by atoms with Crippen LogP contribution in [0, 0.1) is 18.3 Å². The first-order valence-corrected chi connectivity index (χ1v) is 11.1. The predicted molar refractivity (Wildman–Crippen MR) is 131 cm³/mol. The molecule has 1 unspecified atom stereocenters. The minimum atomic E-state index is -0.544. The molecule has 0 aliphatic carbocycles. The first kappa shape index (κ1) is 22.9. The van der Waals surface area contributed by atoms with Gasteiger partial charge >= 0.3 is 0 Å². The number of aromatic nitrogens is 3. The number of rotatable bonds is 8. The Morgan fingerprint density at radius 1 is 1.03 bits per heavy atom. The summed E-state index contributed by atoms with van der Waals surface area (Å²) in [5.74, 6) is 0.440. The second-order valence-corrected chi connectivity index (χ2v) is 8.18. The number of hydrogen-bond acceptors (Lipinski definition) is 5. The molecule has 7 nitrogen and oxygen atoms in total. The molecule has 0 saturated carbocycles. The maximum Gasteiger partial charge on any atom is 0.247 e. The fourth-order valence-electron chi connectivity index (χ4n) is 3.66. The molecule has 0 radical (unpaired) electrons. The number of pyridine rings is 1. The summed E-state index contributed by atoms with van der Waals surface area (Å²) in [5.41, 5.74) is 4.34. The molecule has 34 heavy (non-hydrogen) atoms. The summed E-state index contributed by atoms with van der Waals surface area (Å²) in [7, 11) is 0. The van der Waals surface area contributed by atoms with Crippen LogP contribution in [0.3, 0.4) is 0 Å². The lowest BCUT2D eigenvalue weighted by molar-refractivity contribution is -0.118. The summed E-state index contributed by atoms with van der Waals surface area (Å²) in [6.45, 7) is 4.60. The van der Waals surface area contributed by atoms with E-state index in [0.717, 1.165) is 22.5 Å². The van der Waals surface area contributed by atoms with Gasteiger partial charge in [-0.2, -0.15) is 10.4 Å². The van der Waals surface area contributed by atoms with Gasteiger partial charge in [0.2, 0.25) is 5.91 Å². The third-order valence-electron chi connectivity index (χ3n) is 5.62. The fourth-order valence-corrected chi connectivity index (χ4v) is 3.66. The maximum atomic E-state index is 13.2. The van der Waals surface area contributed by atoms with Gasteiger partial charge in [-0.15, -0.1) is 0 Å². The highest BCUT2D eigenvalue weighted by atomic mass is 16.2. The average molecular weight is 451 g/mol. The number of aryl methyl sites for hydroxylation is 1. The highest BCUT2D eigenvalue weighted by molar-refractivity contribution is 5.94. The van der Waals surface area contributed by atoms with Crippen molar-refractivity contribution in [1.29, 1.82) is 5.26 Å². The normalized spacial score (nSPS) is 12.5. The Morgan fingerprint density at radius 2 is 1.79 bits per heavy atom. The third kappa shape index (κ3) is 5.55. The van der Waals surface area contributed by atoms with Crippen molar-refractivity contribution in [3.8, 4) is 11.8 Å². The van der Waals surface area contributed by atoms with Crippen molar-refractivity contribution in [3.63, 3.8) is 0 Å². The Balaban J connectivity index is 1.46. The zero-order valence-electron chi connectivity index (χ0n) is 19.1. The fraction of sp³-hybridized carbons (Fsp3) is 0.185. The zero-order chi connectivity index (χ0) is 23.9. The first-order chi connectivity index (χ1) is 16.5. The smallest absolute Gasteiger partial charge is 0.247 e. The molecular formula is C27H26N6O. The largest absolute Gasteiger partial charge is 0.309 e. The van der Waals surface area contributed by atoms with Crippen molar-refractivity contribution in [3.05, 3.63) is 108 Å². The van der Waals surface area contributed by atoms with Crippen LogP contribution in [0.4, 0.5) is 5.82 Å². The summed E-state index contributed by atoms with van der Waals surface area (Å²) in [5, 5.41) is 19.7. The van der Waals surface area contributed by atoms with Crippen LogP contribution >= 0.6 is 0 Å². The number of anilines is 1. The van der Waals surface area contributed by atoms with Gasteiger partial charge in [0.05, 0.1) is 29.2 Å². The van der Waals surface area contributed by atoms with Gasteiger partial charge in [0.25, 0.3) is 0 Å². The monoisotopic (exact) mass is 450 g/mol. The van der Waals surface area contributed by atoms with Crippen LogP contribution in [-0.4, -0.2) is 27.2 Å². The van der Waals surface area contributed by atoms with Crippen LogP contribution in [-0.2, 0) is 4.79 Å². The van der Waals surface area contributed by atoms with E-state index in [9.17, 15) is 4.79 Å². The van der Waals surface area contributed by atoms with Gasteiger partial charge in [-0.05, 0) is 54.3 Å². The molecule has 0 saturated heterocycles. The molecule has 4 rings (SSSR count). The van der Waals surface area contributed by atoms with E-state index >= 15 is 0 Å². The molecule has 2 N–H and O–H groups in total. The van der Waals surface area contributed by atoms with Crippen molar-refractivity contribution in [2.45, 2.75) is 25.8 Å². The Bertz CT molecular complexity index is 1270. The highest BCUT2D eigenvalue weighted by Crippen LogP contribution is 2.20. The zero-order valence-corrected chi connectivity index (χ0v) is 19.1. The van der Waals surface area contributed by atoms with Crippen molar-refractivity contribution in [1.82, 2.24) is 20.1 Å². The van der Waals surface area contributed by atoms with Gasteiger partial charge in [-0.1, -0.05) is 49.4 Å². The second kappa shape index (κ2) is 10.6. The third-order valence-corrected chi connectivity index (χ3v) is 5.62. The molecule has 2 aromatic carbocycles. The van der Waals surface area contributed by atoms with Crippen molar-refractivity contribution >= 4 is 11.7 Å². The summed E-state index contributed by atoms with van der Waals surface area (Å²) in [4.78, 5) is 17.6. The van der Waals surface area contributed by atoms with Gasteiger partial charge in [-0.25, -0.2) is 9.67 Å². The lowest BCUT2D eigenvalue weighted by Gasteiger charge is -2.21. The van der Waals surface area contributed by atoms with E-state index in [2.05, 4.69) is 33.7 Å². The number of hydrogen-bond donors (Lipinski definition) is 2. The standard InChI is InChI=1S/C27H26N6O/c1-19(22-10-8-21(16-28)9-11-22)17-30-26(23-6-4-3-5-7-23)27(34)31-25-13-12-24(18-29-25)33-15-14-20(2)32-33/h3-15,18-19,26,30H,17H2,1-2H3,(H,29,31,34)/t19?,26-/m0/s1. The number of carbonyl (C=O) groups is 1. The molecule has 2 aromatic heterocycles. The van der Waals surface area contributed by atoms with Crippen LogP contribution in [0.1, 0.15) is 41.3 Å². The summed E-state index contributed by atoms with van der Waals surface area (Å²) >= 11 is 0. The molecule has 0 aliphatic rings. The van der Waals surface area contributed by atoms with Gasteiger partial charge in [-0.3, -0.25) is 4.79 Å². The lowest BCUT2D eigenvalue weighted by atomic mass is 9.98. The van der Waals surface area contributed by atoms with Gasteiger partial charge < -0.3 is 10.6 Å². The number of nitrogens with zero attached hydrogens (tertiary/aromatic N) is 4. The van der Waals surface area contributed by atoms with Crippen LogP contribution in [0.25, 0.3) is 5.69 Å². The quantitative estimate of drug-likeness (QED) is 0.411. The first-order valence-electron chi connectivity index (χ1n) is 11.1. The second-order valence-electron chi connectivity index (χ2n) is 8.18. The van der Waals surface area contributed by atoms with Crippen LogP contribution in [0.5, 0.6) is 0 Å². The van der Waals surface area contributed by atoms with E-state index in [0.29, 0.717) is 17.9 Å². The summed E-state index contributed by atoms with van der Waals surface area (Å²) < 4.78 is 1.74. The van der Waals surface area contributed by atoms with Crippen LogP contribution < -0.4 is 10.6 Å². The molecule has 0 fully saturated rings. The molecule has 4 aromatic rings. The Morgan fingerprint density at radius 3 is 2.41 bits per heavy atom.